The van der Waals surface area contributed by atoms with Gasteiger partial charge in [-0.2, -0.15) is 0 Å². The molecule has 0 aliphatic heterocycles. The van der Waals surface area contributed by atoms with Gasteiger partial charge in [0.15, 0.2) is 0 Å². The Labute approximate surface area is 97.9 Å². The first-order valence-electron chi connectivity index (χ1n) is 6.20. The van der Waals surface area contributed by atoms with E-state index in [0.29, 0.717) is 0 Å². The van der Waals surface area contributed by atoms with Crippen molar-refractivity contribution in [2.24, 2.45) is 5.92 Å². The van der Waals surface area contributed by atoms with E-state index in [1.165, 1.54) is 18.5 Å². The number of anilines is 1. The minimum atomic E-state index is -0.317. The van der Waals surface area contributed by atoms with Gasteiger partial charge < -0.3 is 10.0 Å². The number of benzene rings is 1. The van der Waals surface area contributed by atoms with Crippen molar-refractivity contribution in [2.75, 3.05) is 18.5 Å². The summed E-state index contributed by atoms with van der Waals surface area (Å²) in [6.07, 6.45) is 3.23. The zero-order valence-corrected chi connectivity index (χ0v) is 10.2. The van der Waals surface area contributed by atoms with Crippen LogP contribution in [0, 0.1) is 5.92 Å². The summed E-state index contributed by atoms with van der Waals surface area (Å²) in [6.45, 7) is 3.16. The molecular weight excluding hydrogens is 198 g/mol. The van der Waals surface area contributed by atoms with Crippen LogP contribution in [0.3, 0.4) is 0 Å². The first-order chi connectivity index (χ1) is 7.70. The molecule has 0 radical (unpaired) electrons. The lowest BCUT2D eigenvalue weighted by Crippen LogP contribution is -2.19. The number of nitrogens with zero attached hydrogens (tertiary/aromatic N) is 1. The molecule has 1 fully saturated rings. The van der Waals surface area contributed by atoms with Crippen LogP contribution in [0.5, 0.6) is 0 Å². The number of rotatable bonds is 5. The van der Waals surface area contributed by atoms with Crippen molar-refractivity contribution >= 4 is 5.69 Å². The predicted molar refractivity (Wildman–Crippen MR) is 67.7 cm³/mol. The number of aliphatic hydroxyl groups excluding tert-OH is 1. The number of hydrogen-bond donors (Lipinski definition) is 1. The first kappa shape index (κ1) is 11.5. The lowest BCUT2D eigenvalue weighted by Gasteiger charge is -2.19. The van der Waals surface area contributed by atoms with E-state index < -0.39 is 0 Å². The molecule has 1 saturated carbocycles. The molecule has 0 unspecified atom stereocenters. The maximum atomic E-state index is 9.70. The summed E-state index contributed by atoms with van der Waals surface area (Å²) in [7, 11) is 2.14. The van der Waals surface area contributed by atoms with Crippen LogP contribution in [0.25, 0.3) is 0 Å². The molecule has 88 valence electrons. The third kappa shape index (κ3) is 2.76. The highest BCUT2D eigenvalue weighted by Crippen LogP contribution is 2.31. The van der Waals surface area contributed by atoms with Gasteiger partial charge in [-0.25, -0.2) is 0 Å². The number of hydrogen-bond acceptors (Lipinski definition) is 2. The van der Waals surface area contributed by atoms with Gasteiger partial charge >= 0.3 is 0 Å². The topological polar surface area (TPSA) is 23.5 Å². The van der Waals surface area contributed by atoms with E-state index in [1.54, 1.807) is 0 Å². The van der Waals surface area contributed by atoms with Gasteiger partial charge in [-0.3, -0.25) is 0 Å². The molecule has 16 heavy (non-hydrogen) atoms. The molecule has 0 aromatic heterocycles. The smallest absolute Gasteiger partial charge is 0.0787 e. The molecular formula is C14H21NO. The molecule has 0 bridgehead atoms. The number of aliphatic hydroxyl groups is 1. The summed E-state index contributed by atoms with van der Waals surface area (Å²) in [5, 5.41) is 9.70. The molecule has 2 nitrogen and oxygen atoms in total. The first-order valence-corrected chi connectivity index (χ1v) is 6.20. The van der Waals surface area contributed by atoms with Crippen molar-refractivity contribution in [1.82, 2.24) is 0 Å². The minimum Gasteiger partial charge on any atom is -0.388 e. The van der Waals surface area contributed by atoms with Gasteiger partial charge in [0, 0.05) is 19.3 Å². The van der Waals surface area contributed by atoms with Crippen molar-refractivity contribution < 1.29 is 5.11 Å². The Balaban J connectivity index is 1.99. The van der Waals surface area contributed by atoms with Crippen molar-refractivity contribution in [3.8, 4) is 0 Å². The van der Waals surface area contributed by atoms with E-state index in [1.807, 2.05) is 19.1 Å². The molecule has 2 heteroatoms. The van der Waals surface area contributed by atoms with Crippen LogP contribution in [-0.4, -0.2) is 18.7 Å². The summed E-state index contributed by atoms with van der Waals surface area (Å²) in [6, 6.07) is 8.28. The van der Waals surface area contributed by atoms with Crippen LogP contribution >= 0.6 is 0 Å². The van der Waals surface area contributed by atoms with E-state index in [4.69, 9.17) is 0 Å². The molecule has 0 saturated heterocycles. The minimum absolute atomic E-state index is 0.317. The van der Waals surface area contributed by atoms with E-state index in [-0.39, 0.29) is 6.10 Å². The van der Waals surface area contributed by atoms with E-state index in [9.17, 15) is 5.11 Å². The maximum Gasteiger partial charge on any atom is 0.0787 e. The highest BCUT2D eigenvalue weighted by atomic mass is 16.3. The maximum absolute atomic E-state index is 9.70. The standard InChI is InChI=1S/C14H21NO/c1-3-14(16)12-6-8-13(9-7-12)15(2)10-11-4-5-11/h6-9,11,14,16H,3-5,10H2,1-2H3/t14-/m1/s1. The second-order valence-electron chi connectivity index (χ2n) is 4.84. The molecule has 0 amide bonds. The van der Waals surface area contributed by atoms with Crippen LogP contribution in [0.15, 0.2) is 24.3 Å². The highest BCUT2D eigenvalue weighted by Gasteiger charge is 2.22. The fraction of sp³-hybridized carbons (Fsp3) is 0.571. The predicted octanol–water partition coefficient (Wildman–Crippen LogP) is 2.98. The van der Waals surface area contributed by atoms with Gasteiger partial charge in [0.25, 0.3) is 0 Å². The molecule has 1 aromatic rings. The van der Waals surface area contributed by atoms with Gasteiger partial charge in [-0.1, -0.05) is 19.1 Å². The average molecular weight is 219 g/mol. The Bertz CT molecular complexity index is 329. The summed E-state index contributed by atoms with van der Waals surface area (Å²) < 4.78 is 0. The lowest BCUT2D eigenvalue weighted by atomic mass is 10.1. The van der Waals surface area contributed by atoms with E-state index in [2.05, 4.69) is 24.1 Å². The molecule has 1 N–H and O–H groups in total. The normalized spacial score (nSPS) is 17.2. The molecule has 2 rings (SSSR count). The van der Waals surface area contributed by atoms with Gasteiger partial charge in [0.2, 0.25) is 0 Å². The molecule has 1 aliphatic carbocycles. The molecule has 0 heterocycles. The van der Waals surface area contributed by atoms with Gasteiger partial charge in [-0.05, 0) is 42.9 Å². The van der Waals surface area contributed by atoms with Crippen molar-refractivity contribution in [1.29, 1.82) is 0 Å². The lowest BCUT2D eigenvalue weighted by molar-refractivity contribution is 0.173. The SMILES string of the molecule is CC[C@@H](O)c1ccc(N(C)CC2CC2)cc1. The third-order valence-corrected chi connectivity index (χ3v) is 3.33. The van der Waals surface area contributed by atoms with Gasteiger partial charge in [-0.15, -0.1) is 0 Å². The summed E-state index contributed by atoms with van der Waals surface area (Å²) in [5.74, 6) is 0.908. The second-order valence-corrected chi connectivity index (χ2v) is 4.84. The Kier molecular flexibility index (Phi) is 3.49. The van der Waals surface area contributed by atoms with E-state index >= 15 is 0 Å². The van der Waals surface area contributed by atoms with Gasteiger partial charge in [0.05, 0.1) is 6.10 Å². The van der Waals surface area contributed by atoms with Crippen molar-refractivity contribution in [3.05, 3.63) is 29.8 Å². The zero-order chi connectivity index (χ0) is 11.5. The zero-order valence-electron chi connectivity index (χ0n) is 10.2. The molecule has 1 aromatic carbocycles. The third-order valence-electron chi connectivity index (χ3n) is 3.33. The Morgan fingerprint density at radius 2 is 1.94 bits per heavy atom. The average Bonchev–Trinajstić information content (AvgIpc) is 3.12. The van der Waals surface area contributed by atoms with E-state index in [0.717, 1.165) is 24.4 Å². The monoisotopic (exact) mass is 219 g/mol. The summed E-state index contributed by atoms with van der Waals surface area (Å²) >= 11 is 0. The quantitative estimate of drug-likeness (QED) is 0.823. The van der Waals surface area contributed by atoms with Crippen LogP contribution in [0.4, 0.5) is 5.69 Å². The highest BCUT2D eigenvalue weighted by molar-refractivity contribution is 5.47. The Hall–Kier alpha value is -1.02. The largest absolute Gasteiger partial charge is 0.388 e. The summed E-state index contributed by atoms with van der Waals surface area (Å²) in [4.78, 5) is 2.31. The second kappa shape index (κ2) is 4.88. The Morgan fingerprint density at radius 3 is 2.44 bits per heavy atom. The van der Waals surface area contributed by atoms with Crippen molar-refractivity contribution in [2.45, 2.75) is 32.3 Å². The molecule has 0 spiro atoms. The van der Waals surface area contributed by atoms with Crippen LogP contribution < -0.4 is 4.90 Å². The van der Waals surface area contributed by atoms with Crippen molar-refractivity contribution in [3.63, 3.8) is 0 Å². The Morgan fingerprint density at radius 1 is 1.31 bits per heavy atom. The fourth-order valence-electron chi connectivity index (χ4n) is 1.98. The van der Waals surface area contributed by atoms with Crippen LogP contribution in [0.1, 0.15) is 37.9 Å². The molecule has 1 aliphatic rings. The fourth-order valence-corrected chi connectivity index (χ4v) is 1.98. The molecule has 1 atom stereocenters. The van der Waals surface area contributed by atoms with Crippen LogP contribution in [0.2, 0.25) is 0 Å². The van der Waals surface area contributed by atoms with Gasteiger partial charge in [0.1, 0.15) is 0 Å². The van der Waals surface area contributed by atoms with Crippen LogP contribution in [-0.2, 0) is 0 Å². The summed E-state index contributed by atoms with van der Waals surface area (Å²) in [5.41, 5.74) is 2.27.